The molecule has 39 atom stereocenters. The summed E-state index contributed by atoms with van der Waals surface area (Å²) in [7, 11) is 0. The first-order chi connectivity index (χ1) is 54.7. The number of carboxylic acid groups (broad SMARTS) is 4. The van der Waals surface area contributed by atoms with Crippen LogP contribution in [0.1, 0.15) is 60.3 Å². The maximum atomic E-state index is 14.1. The number of amides is 5. The predicted octanol–water partition coefficient (Wildman–Crippen LogP) is -18.7. The van der Waals surface area contributed by atoms with Crippen LogP contribution in [-0.4, -0.2) is 469 Å². The summed E-state index contributed by atoms with van der Waals surface area (Å²) >= 11 is 0. The summed E-state index contributed by atoms with van der Waals surface area (Å²) in [5.41, 5.74) is 0. The Morgan fingerprint density at radius 1 is 0.350 bits per heavy atom. The zero-order valence-electron chi connectivity index (χ0n) is 62.6. The third-order valence-corrected chi connectivity index (χ3v) is 20.5. The van der Waals surface area contributed by atoms with Crippen LogP contribution in [0.5, 0.6) is 0 Å². The number of hydrogen-bond donors (Lipinski definition) is 31. The van der Waals surface area contributed by atoms with E-state index in [-0.39, 0.29) is 0 Å². The largest absolute Gasteiger partial charge is 0.477 e. The molecule has 53 heteroatoms. The molecule has 0 aromatic heterocycles. The second-order valence-corrected chi connectivity index (χ2v) is 28.9. The number of rotatable bonds is 36. The van der Waals surface area contributed by atoms with Gasteiger partial charge in [0.05, 0.1) is 94.8 Å². The second kappa shape index (κ2) is 40.7. The fourth-order valence-corrected chi connectivity index (χ4v) is 14.8. The van der Waals surface area contributed by atoms with Gasteiger partial charge in [-0.1, -0.05) is 0 Å². The van der Waals surface area contributed by atoms with E-state index < -0.39 is 362 Å². The Labute approximate surface area is 659 Å². The minimum Gasteiger partial charge on any atom is -0.477 e. The van der Waals surface area contributed by atoms with Crippen molar-refractivity contribution in [1.82, 2.24) is 26.6 Å². The molecule has 31 N–H and O–H groups in total. The summed E-state index contributed by atoms with van der Waals surface area (Å²) in [6.45, 7) is -5.82. The van der Waals surface area contributed by atoms with Gasteiger partial charge in [0, 0.05) is 60.3 Å². The van der Waals surface area contributed by atoms with Crippen LogP contribution in [0.25, 0.3) is 0 Å². The summed E-state index contributed by atoms with van der Waals surface area (Å²) in [5, 5.41) is 301. The van der Waals surface area contributed by atoms with E-state index in [1.165, 1.54) is 0 Å². The Morgan fingerprint density at radius 2 is 0.658 bits per heavy atom. The van der Waals surface area contributed by atoms with Crippen molar-refractivity contribution in [2.24, 2.45) is 0 Å². The Kier molecular flexibility index (Phi) is 34.1. The molecule has 7 heterocycles. The number of nitrogens with one attached hydrogen (secondary N) is 5. The number of ether oxygens (including phenoxy) is 13. The molecule has 0 aromatic rings. The van der Waals surface area contributed by atoms with Crippen LogP contribution >= 0.6 is 0 Å². The molecule has 7 aliphatic rings. The van der Waals surface area contributed by atoms with E-state index >= 15 is 0 Å². The summed E-state index contributed by atoms with van der Waals surface area (Å²) < 4.78 is 74.9. The Bertz CT molecular complexity index is 3380. The molecule has 0 saturated carbocycles. The van der Waals surface area contributed by atoms with Crippen molar-refractivity contribution in [3.8, 4) is 0 Å². The molecule has 117 heavy (non-hydrogen) atoms. The monoisotopic (exact) mass is 1710 g/mol. The number of aliphatic carboxylic acids is 4. The highest BCUT2D eigenvalue weighted by atomic mass is 16.8. The van der Waals surface area contributed by atoms with Gasteiger partial charge in [0.15, 0.2) is 18.9 Å². The molecule has 0 aromatic carbocycles. The zero-order valence-corrected chi connectivity index (χ0v) is 62.6. The van der Waals surface area contributed by atoms with E-state index in [0.717, 1.165) is 34.6 Å². The third kappa shape index (κ3) is 21.5. The third-order valence-electron chi connectivity index (χ3n) is 20.5. The number of aliphatic hydroxyl groups excluding tert-OH is 22. The van der Waals surface area contributed by atoms with Crippen molar-refractivity contribution in [3.63, 3.8) is 0 Å². The average Bonchev–Trinajstić information content (AvgIpc) is 0.747. The lowest BCUT2D eigenvalue weighted by Crippen LogP contribution is -2.72. The fraction of sp³-hybridized carbons (Fsp3) is 0.859. The predicted molar refractivity (Wildman–Crippen MR) is 359 cm³/mol. The standard InChI is InChI=1S/C64H103N5O48/c1-17(77)65-33-22(82)6-61(57(97)98,113-49(33)38(87)26(86)10-70)110-28(12-72)40(89)50-34(66-18(2)78)23(83)7-62(114-50,58(99)100)111-29(13-73)41(90)51-35(67-19(3)79)24(84)8-63(115-51,59(101)102)112-30(14-74)42(91)52-36(68-20(4)80)25(85)9-64(116-52,60(103)104)117-53-46(95)56(108-47-31(15-75)105-54(96)45(94)44(47)93)107-32(16-76)48(53)109-55-37(69-21(5)81)43(92)39(88)27(11-71)106-55/h22-56,70-76,82-96H,6-16H2,1-5H3,(H,65,77)(H,66,78)(H,67,79)(H,68,80)(H,69,81)(H,97,98)(H,99,100)(H,101,102)(H,103,104)/t22-,23-,24-,25-,26?,27+,28+,29+,30+,31+,32+,33+,34+,35+,36+,37+,38+,39-,40+,41+,42+,43+,44+,45+,46+,47+,48-,49+,50+,51+,52+,53+,54+,55-,56-,61+,62+,63+,64-/m0/s1. The first kappa shape index (κ1) is 97.9. The molecule has 7 aliphatic heterocycles. The van der Waals surface area contributed by atoms with E-state index in [4.69, 9.17) is 61.6 Å². The van der Waals surface area contributed by atoms with E-state index in [2.05, 4.69) is 26.6 Å². The summed E-state index contributed by atoms with van der Waals surface area (Å²) in [6.07, 6.45) is -78.5. The highest BCUT2D eigenvalue weighted by Gasteiger charge is 2.66. The lowest BCUT2D eigenvalue weighted by atomic mass is 9.86. The SMILES string of the molecule is CC(=O)N[C@H]1[C@H](O[C@@H]2[C@H](O[C@]3(C(=O)O)C[C@H](O)[C@@H](NC(C)=O)[C@H]([C@H](O)[C@@H](CO)O[C@]4(C(=O)O)C[C@H](O)[C@@H](NC(C)=O)[C@H]([C@H](O)[C@@H](CO)O[C@]5(C(=O)O)C[C@H](O)[C@@H](NC(C)=O)[C@H]([C@H](O)[C@@H](CO)O[C@]6(C(=O)O)C[C@H](O)[C@@H](NC(C)=O)[C@H]([C@H](O)C(O)CO)O6)O5)O4)O3)[C@@H](O)[C@H](O[C@H]3[C@H](O)[C@@H](O)[C@H](O)O[C@@H]3CO)O[C@@H]2CO)O[C@H](CO)[C@H](O)[C@@H]1O. The van der Waals surface area contributed by atoms with Crippen molar-refractivity contribution in [1.29, 1.82) is 0 Å². The maximum absolute atomic E-state index is 14.1. The quantitative estimate of drug-likeness (QED) is 0.0277. The first-order valence-corrected chi connectivity index (χ1v) is 36.1. The number of aliphatic hydroxyl groups is 22. The van der Waals surface area contributed by atoms with Crippen molar-refractivity contribution in [2.45, 2.75) is 297 Å². The van der Waals surface area contributed by atoms with Crippen LogP contribution in [0.15, 0.2) is 0 Å². The van der Waals surface area contributed by atoms with Crippen LogP contribution in [-0.2, 0) is 105 Å². The second-order valence-electron chi connectivity index (χ2n) is 28.9. The van der Waals surface area contributed by atoms with E-state index in [1.807, 2.05) is 0 Å². The van der Waals surface area contributed by atoms with Gasteiger partial charge in [0.2, 0.25) is 29.5 Å². The lowest BCUT2D eigenvalue weighted by Gasteiger charge is -2.52. The Morgan fingerprint density at radius 3 is 0.983 bits per heavy atom. The van der Waals surface area contributed by atoms with Crippen molar-refractivity contribution < 1.29 is 237 Å². The molecule has 672 valence electrons. The van der Waals surface area contributed by atoms with Crippen LogP contribution < -0.4 is 26.6 Å². The minimum atomic E-state index is -3.76. The molecule has 7 rings (SSSR count). The number of hydrogen-bond acceptors (Lipinski definition) is 44. The first-order valence-electron chi connectivity index (χ1n) is 36.1. The molecular weight excluding hydrogens is 1610 g/mol. The lowest BCUT2D eigenvalue weighted by molar-refractivity contribution is -0.401. The topological polar surface area (TPSA) is 860 Å². The van der Waals surface area contributed by atoms with E-state index in [1.54, 1.807) is 0 Å². The van der Waals surface area contributed by atoms with Crippen molar-refractivity contribution >= 4 is 53.4 Å². The van der Waals surface area contributed by atoms with Crippen molar-refractivity contribution in [3.05, 3.63) is 0 Å². The van der Waals surface area contributed by atoms with Gasteiger partial charge in [-0.15, -0.1) is 0 Å². The zero-order chi connectivity index (χ0) is 87.9. The Hall–Kier alpha value is -6.17. The number of carboxylic acids is 4. The van der Waals surface area contributed by atoms with Gasteiger partial charge in [-0.05, 0) is 0 Å². The highest BCUT2D eigenvalue weighted by molar-refractivity contribution is 5.79. The number of carbonyl (C=O) groups is 9. The van der Waals surface area contributed by atoms with Gasteiger partial charge in [-0.2, -0.15) is 0 Å². The smallest absolute Gasteiger partial charge is 0.364 e. The molecule has 1 unspecified atom stereocenters. The van der Waals surface area contributed by atoms with Crippen LogP contribution in [0, 0.1) is 0 Å². The van der Waals surface area contributed by atoms with Crippen LogP contribution in [0.3, 0.4) is 0 Å². The van der Waals surface area contributed by atoms with Gasteiger partial charge in [-0.3, -0.25) is 24.0 Å². The van der Waals surface area contributed by atoms with Crippen molar-refractivity contribution in [2.75, 3.05) is 46.2 Å². The summed E-state index contributed by atoms with van der Waals surface area (Å²) in [5.74, 6) is -29.4. The van der Waals surface area contributed by atoms with Crippen LogP contribution in [0.2, 0.25) is 0 Å². The minimum absolute atomic E-state index is 0.773. The maximum Gasteiger partial charge on any atom is 0.364 e. The molecule has 0 spiro atoms. The van der Waals surface area contributed by atoms with E-state index in [9.17, 15) is 176 Å². The van der Waals surface area contributed by atoms with Gasteiger partial charge in [0.1, 0.15) is 146 Å². The molecule has 0 bridgehead atoms. The fourth-order valence-electron chi connectivity index (χ4n) is 14.8. The Balaban J connectivity index is 1.26. The summed E-state index contributed by atoms with van der Waals surface area (Å²) in [6, 6.07) is -10.3. The molecule has 53 nitrogen and oxygen atoms in total. The average molecular weight is 1710 g/mol. The molecular formula is C64H103N5O48. The molecule has 0 radical (unpaired) electrons. The van der Waals surface area contributed by atoms with Crippen LogP contribution in [0.4, 0.5) is 0 Å². The molecule has 5 amide bonds. The molecule has 7 fully saturated rings. The number of carbonyl (C=O) groups excluding carboxylic acids is 5. The van der Waals surface area contributed by atoms with Gasteiger partial charge >= 0.3 is 23.9 Å². The normalized spacial score (nSPS) is 41.4. The molecule has 0 aliphatic carbocycles. The summed E-state index contributed by atoms with van der Waals surface area (Å²) in [4.78, 5) is 118. The highest BCUT2D eigenvalue weighted by Crippen LogP contribution is 2.45. The van der Waals surface area contributed by atoms with Gasteiger partial charge in [0.25, 0.3) is 23.1 Å². The van der Waals surface area contributed by atoms with E-state index in [0.29, 0.717) is 0 Å². The van der Waals surface area contributed by atoms with Gasteiger partial charge in [-0.25, -0.2) is 19.2 Å². The molecule has 7 saturated heterocycles. The van der Waals surface area contributed by atoms with Gasteiger partial charge < -0.3 is 221 Å².